The fourth-order valence-corrected chi connectivity index (χ4v) is 3.23. The van der Waals surface area contributed by atoms with Gasteiger partial charge < -0.3 is 14.4 Å². The maximum absolute atomic E-state index is 12.5. The number of nitrogens with zero attached hydrogens (tertiary/aromatic N) is 1. The van der Waals surface area contributed by atoms with Crippen LogP contribution in [0, 0.1) is 5.92 Å². The summed E-state index contributed by atoms with van der Waals surface area (Å²) in [4.78, 5) is 38.6. The maximum Gasteiger partial charge on any atom is 0.338 e. The molecule has 1 fully saturated rings. The lowest BCUT2D eigenvalue weighted by atomic mass is 9.86. The van der Waals surface area contributed by atoms with Crippen LogP contribution in [0.2, 0.25) is 0 Å². The van der Waals surface area contributed by atoms with Gasteiger partial charge >= 0.3 is 17.9 Å². The van der Waals surface area contributed by atoms with E-state index in [1.165, 1.54) is 0 Å². The van der Waals surface area contributed by atoms with E-state index in [0.717, 1.165) is 50.1 Å². The quantitative estimate of drug-likeness (QED) is 0.407. The van der Waals surface area contributed by atoms with Crippen LogP contribution in [0.25, 0.3) is 0 Å². The van der Waals surface area contributed by atoms with Crippen LogP contribution in [-0.4, -0.2) is 49.0 Å². The molecule has 1 heterocycles. The minimum Gasteiger partial charge on any atom is -0.459 e. The summed E-state index contributed by atoms with van der Waals surface area (Å²) in [5, 5.41) is 0. The number of likely N-dealkylation sites (tertiary alicyclic amines) is 1. The van der Waals surface area contributed by atoms with Crippen molar-refractivity contribution in [1.29, 1.82) is 0 Å². The summed E-state index contributed by atoms with van der Waals surface area (Å²) in [5.74, 6) is -2.59. The molecule has 0 bridgehead atoms. The van der Waals surface area contributed by atoms with Gasteiger partial charge in [0.15, 0.2) is 0 Å². The number of rotatable bonds is 7. The Kier molecular flexibility index (Phi) is 8.39. The fourth-order valence-electron chi connectivity index (χ4n) is 3.23. The zero-order valence-corrected chi connectivity index (χ0v) is 16.8. The SMILES string of the molecule is CCC(C)C(C(=O)OC(=O)C=CC(=O)OC1CCN(C)CC1)c1ccccc1. The highest BCUT2D eigenvalue weighted by atomic mass is 16.6. The molecular formula is C22H29NO5. The fraction of sp³-hybridized carbons (Fsp3) is 0.500. The van der Waals surface area contributed by atoms with Crippen molar-refractivity contribution in [2.24, 2.45) is 5.92 Å². The molecule has 0 saturated carbocycles. The number of benzene rings is 1. The number of carbonyl (C=O) groups is 3. The Morgan fingerprint density at radius 1 is 1.11 bits per heavy atom. The minimum absolute atomic E-state index is 0.0149. The van der Waals surface area contributed by atoms with E-state index in [1.54, 1.807) is 0 Å². The third kappa shape index (κ3) is 6.60. The molecule has 28 heavy (non-hydrogen) atoms. The van der Waals surface area contributed by atoms with Crippen LogP contribution in [0.3, 0.4) is 0 Å². The molecule has 152 valence electrons. The number of esters is 3. The third-order valence-electron chi connectivity index (χ3n) is 5.13. The lowest BCUT2D eigenvalue weighted by molar-refractivity contribution is -0.158. The van der Waals surface area contributed by atoms with Crippen LogP contribution in [0.4, 0.5) is 0 Å². The smallest absolute Gasteiger partial charge is 0.338 e. The summed E-state index contributed by atoms with van der Waals surface area (Å²) in [7, 11) is 2.02. The standard InChI is InChI=1S/C22H29NO5/c1-4-16(2)21(17-8-6-5-7-9-17)22(26)28-20(25)11-10-19(24)27-18-12-14-23(3)15-13-18/h5-11,16,18,21H,4,12-15H2,1-3H3. The molecule has 1 aromatic rings. The van der Waals surface area contributed by atoms with Crippen LogP contribution in [0.15, 0.2) is 42.5 Å². The van der Waals surface area contributed by atoms with Crippen LogP contribution in [-0.2, 0) is 23.9 Å². The molecule has 0 spiro atoms. The first-order valence-electron chi connectivity index (χ1n) is 9.78. The molecule has 1 aliphatic rings. The third-order valence-corrected chi connectivity index (χ3v) is 5.13. The molecule has 1 aliphatic heterocycles. The Balaban J connectivity index is 1.90. The molecule has 1 aromatic carbocycles. The van der Waals surface area contributed by atoms with Gasteiger partial charge in [0, 0.05) is 25.2 Å². The highest BCUT2D eigenvalue weighted by Crippen LogP contribution is 2.28. The molecular weight excluding hydrogens is 358 g/mol. The van der Waals surface area contributed by atoms with Gasteiger partial charge in [0.2, 0.25) is 0 Å². The van der Waals surface area contributed by atoms with Crippen molar-refractivity contribution in [2.45, 2.75) is 45.1 Å². The molecule has 0 N–H and O–H groups in total. The molecule has 0 aromatic heterocycles. The number of hydrogen-bond acceptors (Lipinski definition) is 6. The highest BCUT2D eigenvalue weighted by molar-refractivity contribution is 5.98. The number of piperidine rings is 1. The zero-order valence-electron chi connectivity index (χ0n) is 16.8. The van der Waals surface area contributed by atoms with Crippen molar-refractivity contribution < 1.29 is 23.9 Å². The van der Waals surface area contributed by atoms with E-state index in [9.17, 15) is 14.4 Å². The van der Waals surface area contributed by atoms with Gasteiger partial charge in [-0.1, -0.05) is 50.6 Å². The predicted octanol–water partition coefficient (Wildman–Crippen LogP) is 3.08. The van der Waals surface area contributed by atoms with Crippen LogP contribution < -0.4 is 0 Å². The van der Waals surface area contributed by atoms with Crippen molar-refractivity contribution in [3.8, 4) is 0 Å². The number of carbonyl (C=O) groups excluding carboxylic acids is 3. The van der Waals surface area contributed by atoms with Gasteiger partial charge in [-0.15, -0.1) is 0 Å². The van der Waals surface area contributed by atoms with Crippen molar-refractivity contribution in [1.82, 2.24) is 4.90 Å². The second-order valence-corrected chi connectivity index (χ2v) is 7.29. The Labute approximate surface area is 166 Å². The van der Waals surface area contributed by atoms with Gasteiger partial charge in [-0.3, -0.25) is 4.79 Å². The van der Waals surface area contributed by atoms with E-state index in [1.807, 2.05) is 51.2 Å². The monoisotopic (exact) mass is 387 g/mol. The average Bonchev–Trinajstić information content (AvgIpc) is 2.69. The van der Waals surface area contributed by atoms with E-state index < -0.39 is 23.8 Å². The zero-order chi connectivity index (χ0) is 20.5. The van der Waals surface area contributed by atoms with Gasteiger partial charge in [-0.25, -0.2) is 9.59 Å². The second kappa shape index (κ2) is 10.8. The molecule has 0 amide bonds. The first-order chi connectivity index (χ1) is 13.4. The molecule has 2 unspecified atom stereocenters. The van der Waals surface area contributed by atoms with Gasteiger partial charge in [0.25, 0.3) is 0 Å². The van der Waals surface area contributed by atoms with Crippen molar-refractivity contribution in [3.05, 3.63) is 48.0 Å². The lowest BCUT2D eigenvalue weighted by Gasteiger charge is -2.28. The summed E-state index contributed by atoms with van der Waals surface area (Å²) in [6, 6.07) is 9.25. The second-order valence-electron chi connectivity index (χ2n) is 7.29. The van der Waals surface area contributed by atoms with Crippen molar-refractivity contribution >= 4 is 17.9 Å². The van der Waals surface area contributed by atoms with E-state index in [4.69, 9.17) is 9.47 Å². The van der Waals surface area contributed by atoms with Gasteiger partial charge in [0.05, 0.1) is 5.92 Å². The molecule has 6 heteroatoms. The van der Waals surface area contributed by atoms with Crippen LogP contribution in [0.5, 0.6) is 0 Å². The largest absolute Gasteiger partial charge is 0.459 e. The average molecular weight is 387 g/mol. The first kappa shape index (κ1) is 21.8. The Morgan fingerprint density at radius 3 is 2.32 bits per heavy atom. The summed E-state index contributed by atoms with van der Waals surface area (Å²) >= 11 is 0. The summed E-state index contributed by atoms with van der Waals surface area (Å²) in [6.45, 7) is 5.66. The lowest BCUT2D eigenvalue weighted by Crippen LogP contribution is -2.35. The Bertz CT molecular complexity index is 692. The molecule has 6 nitrogen and oxygen atoms in total. The number of hydrogen-bond donors (Lipinski definition) is 0. The maximum atomic E-state index is 12.5. The van der Waals surface area contributed by atoms with Gasteiger partial charge in [-0.2, -0.15) is 0 Å². The highest BCUT2D eigenvalue weighted by Gasteiger charge is 2.28. The van der Waals surface area contributed by atoms with Crippen molar-refractivity contribution in [3.63, 3.8) is 0 Å². The Hall–Kier alpha value is -2.47. The van der Waals surface area contributed by atoms with Gasteiger partial charge in [0.1, 0.15) is 6.10 Å². The summed E-state index contributed by atoms with van der Waals surface area (Å²) in [6.07, 6.45) is 4.14. The predicted molar refractivity (Wildman–Crippen MR) is 105 cm³/mol. The normalized spacial score (nSPS) is 17.8. The topological polar surface area (TPSA) is 72.9 Å². The molecule has 2 atom stereocenters. The number of ether oxygens (including phenoxy) is 2. The minimum atomic E-state index is -0.866. The van der Waals surface area contributed by atoms with Crippen molar-refractivity contribution in [2.75, 3.05) is 20.1 Å². The summed E-state index contributed by atoms with van der Waals surface area (Å²) in [5.41, 5.74) is 0.806. The summed E-state index contributed by atoms with van der Waals surface area (Å²) < 4.78 is 10.3. The molecule has 1 saturated heterocycles. The van der Waals surface area contributed by atoms with E-state index in [2.05, 4.69) is 4.90 Å². The molecule has 2 rings (SSSR count). The van der Waals surface area contributed by atoms with Gasteiger partial charge in [-0.05, 0) is 31.4 Å². The first-order valence-corrected chi connectivity index (χ1v) is 9.78. The Morgan fingerprint density at radius 2 is 1.71 bits per heavy atom. The van der Waals surface area contributed by atoms with E-state index >= 15 is 0 Å². The van der Waals surface area contributed by atoms with Crippen LogP contribution in [0.1, 0.15) is 44.6 Å². The van der Waals surface area contributed by atoms with E-state index in [0.29, 0.717) is 0 Å². The molecule has 0 radical (unpaired) electrons. The van der Waals surface area contributed by atoms with E-state index in [-0.39, 0.29) is 12.0 Å². The van der Waals surface area contributed by atoms with Crippen LogP contribution >= 0.6 is 0 Å². The molecule has 0 aliphatic carbocycles.